The van der Waals surface area contributed by atoms with Crippen molar-refractivity contribution in [2.75, 3.05) is 13.1 Å². The standard InChI is InChI=1S/C22H16ClF3N4O2S/c23-15-3-2-13(17(7-15)22(24,25)26)9-30-18-4-1-12(5-14(18)8-27-30)6-19-20(32)28-21(33-19)29-10-16(31)11-29/h1-8,16,31H,9-11H2/b19-6-. The number of benzene rings is 2. The van der Waals surface area contributed by atoms with Crippen LogP contribution in [0.15, 0.2) is 52.5 Å². The molecule has 6 nitrogen and oxygen atoms in total. The summed E-state index contributed by atoms with van der Waals surface area (Å²) < 4.78 is 41.8. The summed E-state index contributed by atoms with van der Waals surface area (Å²) in [6.45, 7) is 0.853. The molecule has 1 amide bonds. The van der Waals surface area contributed by atoms with Crippen LogP contribution >= 0.6 is 23.4 Å². The number of hydrogen-bond acceptors (Lipinski definition) is 5. The Morgan fingerprint density at radius 2 is 2.00 bits per heavy atom. The maximum absolute atomic E-state index is 13.4. The Hall–Kier alpha value is -2.82. The smallest absolute Gasteiger partial charge is 0.389 e. The highest BCUT2D eigenvalue weighted by Crippen LogP contribution is 2.35. The van der Waals surface area contributed by atoms with Crippen LogP contribution < -0.4 is 0 Å². The lowest BCUT2D eigenvalue weighted by molar-refractivity contribution is -0.138. The summed E-state index contributed by atoms with van der Waals surface area (Å²) in [5, 5.41) is 15.0. The molecule has 2 aromatic carbocycles. The van der Waals surface area contributed by atoms with E-state index < -0.39 is 17.8 Å². The van der Waals surface area contributed by atoms with E-state index in [1.54, 1.807) is 24.4 Å². The zero-order valence-electron chi connectivity index (χ0n) is 16.9. The number of fused-ring (bicyclic) bond motifs is 1. The molecule has 33 heavy (non-hydrogen) atoms. The van der Waals surface area contributed by atoms with Crippen LogP contribution in [0.1, 0.15) is 16.7 Å². The Labute approximate surface area is 195 Å². The first kappa shape index (κ1) is 22.0. The highest BCUT2D eigenvalue weighted by atomic mass is 35.5. The Bertz CT molecular complexity index is 1330. The van der Waals surface area contributed by atoms with Crippen molar-refractivity contribution in [1.82, 2.24) is 14.7 Å². The van der Waals surface area contributed by atoms with Crippen molar-refractivity contribution in [3.8, 4) is 0 Å². The minimum atomic E-state index is -4.52. The summed E-state index contributed by atoms with van der Waals surface area (Å²) in [5.74, 6) is -0.338. The average Bonchev–Trinajstić information content (AvgIpc) is 3.29. The van der Waals surface area contributed by atoms with Crippen LogP contribution in [-0.2, 0) is 17.5 Å². The number of aliphatic hydroxyl groups excluding tert-OH is 1. The first-order valence-electron chi connectivity index (χ1n) is 9.94. The van der Waals surface area contributed by atoms with Crippen molar-refractivity contribution in [2.45, 2.75) is 18.8 Å². The molecule has 0 radical (unpaired) electrons. The van der Waals surface area contributed by atoms with E-state index in [0.29, 0.717) is 28.7 Å². The van der Waals surface area contributed by atoms with Gasteiger partial charge >= 0.3 is 6.18 Å². The van der Waals surface area contributed by atoms with Crippen LogP contribution in [0, 0.1) is 0 Å². The van der Waals surface area contributed by atoms with Crippen LogP contribution in [0.4, 0.5) is 13.2 Å². The topological polar surface area (TPSA) is 70.7 Å². The van der Waals surface area contributed by atoms with Crippen molar-refractivity contribution < 1.29 is 23.1 Å². The molecule has 0 bridgehead atoms. The van der Waals surface area contributed by atoms with E-state index in [-0.39, 0.29) is 23.0 Å². The number of thioether (sulfide) groups is 1. The summed E-state index contributed by atoms with van der Waals surface area (Å²) in [7, 11) is 0. The number of aliphatic imine (C=N–C) groups is 1. The van der Waals surface area contributed by atoms with Crippen molar-refractivity contribution in [3.05, 3.63) is 69.2 Å². The van der Waals surface area contributed by atoms with Gasteiger partial charge in [0.15, 0.2) is 5.17 Å². The molecule has 1 aromatic heterocycles. The monoisotopic (exact) mass is 492 g/mol. The van der Waals surface area contributed by atoms with E-state index in [2.05, 4.69) is 10.1 Å². The first-order valence-corrected chi connectivity index (χ1v) is 11.1. The number of β-amino-alcohol motifs (C(OH)–C–C–N with tert-alkyl or cyclic N) is 1. The van der Waals surface area contributed by atoms with E-state index in [1.165, 1.54) is 28.6 Å². The highest BCUT2D eigenvalue weighted by Gasteiger charge is 2.34. The van der Waals surface area contributed by atoms with Gasteiger partial charge in [-0.05, 0) is 53.2 Å². The van der Waals surface area contributed by atoms with Gasteiger partial charge in [-0.25, -0.2) is 0 Å². The van der Waals surface area contributed by atoms with Gasteiger partial charge in [0.05, 0.1) is 34.8 Å². The predicted octanol–water partition coefficient (Wildman–Crippen LogP) is 4.40. The van der Waals surface area contributed by atoms with Crippen molar-refractivity contribution in [2.24, 2.45) is 4.99 Å². The Morgan fingerprint density at radius 1 is 1.21 bits per heavy atom. The molecule has 11 heteroatoms. The number of amides is 1. The molecule has 1 N–H and O–H groups in total. The maximum Gasteiger partial charge on any atom is 0.416 e. The molecule has 0 unspecified atom stereocenters. The number of aliphatic hydroxyl groups is 1. The van der Waals surface area contributed by atoms with Crippen molar-refractivity contribution >= 4 is 51.4 Å². The molecular formula is C22H16ClF3N4O2S. The molecular weight excluding hydrogens is 477 g/mol. The summed E-state index contributed by atoms with van der Waals surface area (Å²) in [6, 6.07) is 9.05. The molecule has 1 saturated heterocycles. The van der Waals surface area contributed by atoms with Crippen LogP contribution in [0.25, 0.3) is 17.0 Å². The van der Waals surface area contributed by atoms with Crippen LogP contribution in [0.5, 0.6) is 0 Å². The third kappa shape index (κ3) is 4.38. The fourth-order valence-electron chi connectivity index (χ4n) is 3.73. The minimum Gasteiger partial charge on any atom is -0.389 e. The number of carbonyl (C=O) groups excluding carboxylic acids is 1. The molecule has 0 aliphatic carbocycles. The van der Waals surface area contributed by atoms with Crippen LogP contribution in [0.3, 0.4) is 0 Å². The van der Waals surface area contributed by atoms with Gasteiger partial charge < -0.3 is 10.0 Å². The third-order valence-corrected chi connectivity index (χ3v) is 6.68. The lowest BCUT2D eigenvalue weighted by Gasteiger charge is -2.36. The van der Waals surface area contributed by atoms with E-state index in [1.807, 2.05) is 11.0 Å². The summed E-state index contributed by atoms with van der Waals surface area (Å²) >= 11 is 7.02. The molecule has 0 spiro atoms. The third-order valence-electron chi connectivity index (χ3n) is 5.40. The van der Waals surface area contributed by atoms with Gasteiger partial charge in [-0.3, -0.25) is 9.48 Å². The molecule has 2 aliphatic rings. The lowest BCUT2D eigenvalue weighted by Crippen LogP contribution is -2.52. The highest BCUT2D eigenvalue weighted by molar-refractivity contribution is 8.18. The fourth-order valence-corrected chi connectivity index (χ4v) is 4.83. The van der Waals surface area contributed by atoms with Gasteiger partial charge in [-0.2, -0.15) is 23.3 Å². The second-order valence-electron chi connectivity index (χ2n) is 7.79. The second-order valence-corrected chi connectivity index (χ2v) is 9.23. The number of rotatable bonds is 3. The first-order chi connectivity index (χ1) is 15.7. The van der Waals surface area contributed by atoms with Gasteiger partial charge in [0.1, 0.15) is 0 Å². The molecule has 0 atom stereocenters. The SMILES string of the molecule is O=C1N=C(N2CC(O)C2)S/C1=C\c1ccc2c(cnn2Cc2ccc(Cl)cc2C(F)(F)F)c1. The number of aromatic nitrogens is 2. The zero-order chi connectivity index (χ0) is 23.3. The molecule has 3 heterocycles. The van der Waals surface area contributed by atoms with Crippen LogP contribution in [0.2, 0.25) is 5.02 Å². The number of likely N-dealkylation sites (tertiary alicyclic amines) is 1. The number of hydrogen-bond donors (Lipinski definition) is 1. The lowest BCUT2D eigenvalue weighted by atomic mass is 10.1. The molecule has 170 valence electrons. The molecule has 2 aliphatic heterocycles. The minimum absolute atomic E-state index is 0.0193. The fraction of sp³-hybridized carbons (Fsp3) is 0.227. The summed E-state index contributed by atoms with van der Waals surface area (Å²) in [6.07, 6.45) is -1.62. The second kappa shape index (κ2) is 8.19. The Morgan fingerprint density at radius 3 is 2.73 bits per heavy atom. The molecule has 0 saturated carbocycles. The predicted molar refractivity (Wildman–Crippen MR) is 121 cm³/mol. The Kier molecular flexibility index (Phi) is 5.46. The summed E-state index contributed by atoms with van der Waals surface area (Å²) in [4.78, 5) is 18.6. The van der Waals surface area contributed by atoms with Gasteiger partial charge in [0.2, 0.25) is 0 Å². The number of halogens is 4. The van der Waals surface area contributed by atoms with Gasteiger partial charge in [0.25, 0.3) is 5.91 Å². The van der Waals surface area contributed by atoms with E-state index in [9.17, 15) is 23.1 Å². The van der Waals surface area contributed by atoms with E-state index in [4.69, 9.17) is 11.6 Å². The van der Waals surface area contributed by atoms with Gasteiger partial charge in [-0.15, -0.1) is 0 Å². The number of nitrogens with zero attached hydrogens (tertiary/aromatic N) is 4. The number of alkyl halides is 3. The normalized spacial score (nSPS) is 18.3. The Balaban J connectivity index is 1.38. The molecule has 1 fully saturated rings. The van der Waals surface area contributed by atoms with E-state index in [0.717, 1.165) is 17.0 Å². The van der Waals surface area contributed by atoms with Crippen molar-refractivity contribution in [1.29, 1.82) is 0 Å². The van der Waals surface area contributed by atoms with Gasteiger partial charge in [0, 0.05) is 23.5 Å². The number of amidine groups is 1. The largest absolute Gasteiger partial charge is 0.416 e. The van der Waals surface area contributed by atoms with Crippen LogP contribution in [-0.4, -0.2) is 50.1 Å². The molecule has 3 aromatic rings. The maximum atomic E-state index is 13.4. The quantitative estimate of drug-likeness (QED) is 0.549. The summed E-state index contributed by atoms with van der Waals surface area (Å²) in [5.41, 5.74) is 0.691. The average molecular weight is 493 g/mol. The van der Waals surface area contributed by atoms with Crippen molar-refractivity contribution in [3.63, 3.8) is 0 Å². The van der Waals surface area contributed by atoms with Gasteiger partial charge in [-0.1, -0.05) is 23.7 Å². The zero-order valence-corrected chi connectivity index (χ0v) is 18.5. The molecule has 5 rings (SSSR count). The number of carbonyl (C=O) groups is 1. The van der Waals surface area contributed by atoms with E-state index >= 15 is 0 Å².